The van der Waals surface area contributed by atoms with Gasteiger partial charge in [-0.1, -0.05) is 6.07 Å². The van der Waals surface area contributed by atoms with Gasteiger partial charge in [0.25, 0.3) is 5.91 Å². The van der Waals surface area contributed by atoms with E-state index in [1.165, 1.54) is 19.1 Å². The minimum atomic E-state index is -1.14. The number of ether oxygens (including phenoxy) is 4. The van der Waals surface area contributed by atoms with Gasteiger partial charge in [0.2, 0.25) is 12.6 Å². The van der Waals surface area contributed by atoms with Gasteiger partial charge in [0.15, 0.2) is 23.9 Å². The number of amides is 1. The molecule has 4 rings (SSSR count). The van der Waals surface area contributed by atoms with Crippen molar-refractivity contribution in [1.29, 1.82) is 0 Å². The third kappa shape index (κ3) is 3.90. The van der Waals surface area contributed by atoms with E-state index in [0.717, 1.165) is 5.56 Å². The second-order valence-corrected chi connectivity index (χ2v) is 6.63. The summed E-state index contributed by atoms with van der Waals surface area (Å²) in [5, 5.41) is 11.1. The molecule has 2 aromatic rings. The van der Waals surface area contributed by atoms with Crippen LogP contribution in [0.2, 0.25) is 0 Å². The van der Waals surface area contributed by atoms with Crippen molar-refractivity contribution < 1.29 is 38.4 Å². The lowest BCUT2D eigenvalue weighted by molar-refractivity contribution is -0.141. The first-order valence-electron chi connectivity index (χ1n) is 9.03. The minimum Gasteiger partial charge on any atom is -0.484 e. The Kier molecular flexibility index (Phi) is 5.01. The van der Waals surface area contributed by atoms with Crippen LogP contribution in [0, 0.1) is 0 Å². The number of nitrogens with one attached hydrogen (secondary N) is 1. The van der Waals surface area contributed by atoms with Crippen LogP contribution < -0.4 is 24.3 Å². The first kappa shape index (κ1) is 19.3. The van der Waals surface area contributed by atoms with Crippen LogP contribution in [0.15, 0.2) is 42.2 Å². The standard InChI is InChI=1S/C21H17NO8/c1-11(21(25)26)22-19(23)9-27-13-3-4-14-16(8-13)30-18(20(14)24)7-12-2-5-15-17(6-12)29-10-28-15/h2-8,11H,9-10H2,1H3,(H,22,23)(H,25,26). The van der Waals surface area contributed by atoms with Crippen LogP contribution >= 0.6 is 0 Å². The zero-order valence-electron chi connectivity index (χ0n) is 15.8. The molecule has 9 nitrogen and oxygen atoms in total. The summed E-state index contributed by atoms with van der Waals surface area (Å²) < 4.78 is 21.6. The van der Waals surface area contributed by atoms with Gasteiger partial charge in [-0.15, -0.1) is 0 Å². The fraction of sp³-hybridized carbons (Fsp3) is 0.190. The number of hydrogen-bond acceptors (Lipinski definition) is 7. The Morgan fingerprint density at radius 3 is 2.77 bits per heavy atom. The lowest BCUT2D eigenvalue weighted by atomic mass is 10.1. The summed E-state index contributed by atoms with van der Waals surface area (Å²) in [6, 6.07) is 8.85. The second-order valence-electron chi connectivity index (χ2n) is 6.63. The van der Waals surface area contributed by atoms with Crippen LogP contribution in [0.3, 0.4) is 0 Å². The molecule has 0 saturated carbocycles. The van der Waals surface area contributed by atoms with E-state index in [0.29, 0.717) is 28.6 Å². The number of fused-ring (bicyclic) bond motifs is 2. The molecule has 9 heteroatoms. The number of allylic oxidation sites excluding steroid dienone is 1. The number of Topliss-reactive ketones (excluding diaryl/α,β-unsaturated/α-hetero) is 1. The van der Waals surface area contributed by atoms with Crippen LogP contribution in [0.1, 0.15) is 22.8 Å². The zero-order valence-corrected chi connectivity index (χ0v) is 15.8. The van der Waals surface area contributed by atoms with Gasteiger partial charge in [-0.25, -0.2) is 0 Å². The van der Waals surface area contributed by atoms with Gasteiger partial charge >= 0.3 is 5.97 Å². The zero-order chi connectivity index (χ0) is 21.3. The molecule has 0 bridgehead atoms. The highest BCUT2D eigenvalue weighted by atomic mass is 16.7. The Bertz CT molecular complexity index is 1070. The molecular weight excluding hydrogens is 394 g/mol. The van der Waals surface area contributed by atoms with E-state index >= 15 is 0 Å². The van der Waals surface area contributed by atoms with Crippen molar-refractivity contribution >= 4 is 23.7 Å². The topological polar surface area (TPSA) is 120 Å². The number of carboxylic acids is 1. The van der Waals surface area contributed by atoms with Gasteiger partial charge in [-0.2, -0.15) is 0 Å². The van der Waals surface area contributed by atoms with Gasteiger partial charge in [0.1, 0.15) is 17.5 Å². The summed E-state index contributed by atoms with van der Waals surface area (Å²) in [5.41, 5.74) is 1.09. The summed E-state index contributed by atoms with van der Waals surface area (Å²) in [5.74, 6) is 0.00520. The van der Waals surface area contributed by atoms with E-state index in [2.05, 4.69) is 5.32 Å². The maximum absolute atomic E-state index is 12.6. The summed E-state index contributed by atoms with van der Waals surface area (Å²) in [4.78, 5) is 35.1. The van der Waals surface area contributed by atoms with Crippen molar-refractivity contribution in [3.05, 3.63) is 53.3 Å². The third-order valence-corrected chi connectivity index (χ3v) is 4.45. The third-order valence-electron chi connectivity index (χ3n) is 4.45. The molecular formula is C21H17NO8. The molecule has 2 N–H and O–H groups in total. The monoisotopic (exact) mass is 411 g/mol. The quantitative estimate of drug-likeness (QED) is 0.693. The van der Waals surface area contributed by atoms with Gasteiger partial charge in [-0.05, 0) is 42.8 Å². The number of carboxylic acid groups (broad SMARTS) is 1. The van der Waals surface area contributed by atoms with Gasteiger partial charge in [0, 0.05) is 6.07 Å². The van der Waals surface area contributed by atoms with E-state index in [1.54, 1.807) is 30.3 Å². The number of ketones is 1. The predicted octanol–water partition coefficient (Wildman–Crippen LogP) is 2.00. The summed E-state index contributed by atoms with van der Waals surface area (Å²) in [6.45, 7) is 1.14. The number of rotatable bonds is 6. The molecule has 0 aliphatic carbocycles. The number of benzene rings is 2. The molecule has 0 aromatic heterocycles. The summed E-state index contributed by atoms with van der Waals surface area (Å²) >= 11 is 0. The maximum Gasteiger partial charge on any atom is 0.325 e. The summed E-state index contributed by atoms with van der Waals surface area (Å²) in [6.07, 6.45) is 1.60. The van der Waals surface area contributed by atoms with Gasteiger partial charge < -0.3 is 29.4 Å². The lowest BCUT2D eigenvalue weighted by Gasteiger charge is -2.10. The molecule has 1 atom stereocenters. The number of carbonyl (C=O) groups excluding carboxylic acids is 2. The van der Waals surface area contributed by atoms with E-state index < -0.39 is 17.9 Å². The van der Waals surface area contributed by atoms with Gasteiger partial charge in [0.05, 0.1) is 5.56 Å². The van der Waals surface area contributed by atoms with Crippen LogP contribution in [0.4, 0.5) is 0 Å². The molecule has 0 radical (unpaired) electrons. The fourth-order valence-electron chi connectivity index (χ4n) is 2.91. The van der Waals surface area contributed by atoms with Crippen LogP contribution in [0.5, 0.6) is 23.0 Å². The highest BCUT2D eigenvalue weighted by Gasteiger charge is 2.28. The second kappa shape index (κ2) is 7.78. The predicted molar refractivity (Wildman–Crippen MR) is 103 cm³/mol. The first-order valence-corrected chi connectivity index (χ1v) is 9.03. The average Bonchev–Trinajstić information content (AvgIpc) is 3.30. The number of hydrogen-bond donors (Lipinski definition) is 2. The molecule has 0 saturated heterocycles. The number of aliphatic carboxylic acids is 1. The smallest absolute Gasteiger partial charge is 0.325 e. The van der Waals surface area contributed by atoms with E-state index in [9.17, 15) is 14.4 Å². The molecule has 2 aliphatic heterocycles. The molecule has 0 spiro atoms. The Labute approximate surface area is 170 Å². The largest absolute Gasteiger partial charge is 0.484 e. The Morgan fingerprint density at radius 2 is 1.97 bits per heavy atom. The Morgan fingerprint density at radius 1 is 1.17 bits per heavy atom. The van der Waals surface area contributed by atoms with Crippen molar-refractivity contribution in [2.45, 2.75) is 13.0 Å². The maximum atomic E-state index is 12.6. The number of carbonyl (C=O) groups is 3. The Hall–Kier alpha value is -4.01. The lowest BCUT2D eigenvalue weighted by Crippen LogP contribution is -2.40. The van der Waals surface area contributed by atoms with Crippen LogP contribution in [-0.2, 0) is 9.59 Å². The molecule has 30 heavy (non-hydrogen) atoms. The summed E-state index contributed by atoms with van der Waals surface area (Å²) in [7, 11) is 0. The van der Waals surface area contributed by atoms with Crippen molar-refractivity contribution in [3.63, 3.8) is 0 Å². The fourth-order valence-corrected chi connectivity index (χ4v) is 2.91. The van der Waals surface area contributed by atoms with E-state index in [4.69, 9.17) is 24.1 Å². The first-order chi connectivity index (χ1) is 14.4. The van der Waals surface area contributed by atoms with Crippen molar-refractivity contribution in [3.8, 4) is 23.0 Å². The average molecular weight is 411 g/mol. The molecule has 2 heterocycles. The molecule has 1 unspecified atom stereocenters. The Balaban J connectivity index is 1.43. The molecule has 0 fully saturated rings. The van der Waals surface area contributed by atoms with Crippen LogP contribution in [-0.4, -0.2) is 42.2 Å². The van der Waals surface area contributed by atoms with E-state index in [-0.39, 0.29) is 24.9 Å². The highest BCUT2D eigenvalue weighted by Crippen LogP contribution is 2.37. The van der Waals surface area contributed by atoms with Crippen LogP contribution in [0.25, 0.3) is 6.08 Å². The molecule has 2 aromatic carbocycles. The van der Waals surface area contributed by atoms with Crippen molar-refractivity contribution in [2.24, 2.45) is 0 Å². The minimum absolute atomic E-state index is 0.147. The van der Waals surface area contributed by atoms with Crippen molar-refractivity contribution in [2.75, 3.05) is 13.4 Å². The normalized spacial score (nSPS) is 16.0. The molecule has 154 valence electrons. The van der Waals surface area contributed by atoms with E-state index in [1.807, 2.05) is 0 Å². The van der Waals surface area contributed by atoms with Crippen molar-refractivity contribution in [1.82, 2.24) is 5.32 Å². The molecule has 2 aliphatic rings. The SMILES string of the molecule is CC(NC(=O)COc1ccc2c(c1)OC(=Cc1ccc3c(c1)OCO3)C2=O)C(=O)O. The highest BCUT2D eigenvalue weighted by molar-refractivity contribution is 6.14. The van der Waals surface area contributed by atoms with Gasteiger partial charge in [-0.3, -0.25) is 14.4 Å². The molecule has 1 amide bonds.